The third-order valence-electron chi connectivity index (χ3n) is 3.26. The van der Waals surface area contributed by atoms with E-state index in [4.69, 9.17) is 16.3 Å². The third-order valence-corrected chi connectivity index (χ3v) is 3.50. The summed E-state index contributed by atoms with van der Waals surface area (Å²) < 4.78 is 19.5. The molecule has 1 atom stereocenters. The van der Waals surface area contributed by atoms with E-state index in [0.29, 0.717) is 17.2 Å². The van der Waals surface area contributed by atoms with Gasteiger partial charge in [-0.05, 0) is 37.6 Å². The van der Waals surface area contributed by atoms with E-state index < -0.39 is 0 Å². The summed E-state index contributed by atoms with van der Waals surface area (Å²) in [5.74, 6) is 0.508. The Morgan fingerprint density at radius 3 is 2.62 bits per heavy atom. The molecule has 2 aromatic carbocycles. The molecule has 0 bridgehead atoms. The van der Waals surface area contributed by atoms with Crippen molar-refractivity contribution in [3.8, 4) is 5.75 Å². The quantitative estimate of drug-likeness (QED) is 0.767. The molecule has 2 rings (SSSR count). The second-order valence-electron chi connectivity index (χ2n) is 4.70. The average Bonchev–Trinajstić information content (AvgIpc) is 2.48. The summed E-state index contributed by atoms with van der Waals surface area (Å²) >= 11 is 6.05. The maximum Gasteiger partial charge on any atom is 0.142 e. The SMILES string of the molecule is CCOc1ccc(Cl)cc1NC(CC)c1ccccc1F. The largest absolute Gasteiger partial charge is 0.492 e. The van der Waals surface area contributed by atoms with E-state index in [-0.39, 0.29) is 11.9 Å². The summed E-state index contributed by atoms with van der Waals surface area (Å²) in [7, 11) is 0. The summed E-state index contributed by atoms with van der Waals surface area (Å²) in [6.45, 7) is 4.49. The number of benzene rings is 2. The molecule has 0 spiro atoms. The van der Waals surface area contributed by atoms with Crippen LogP contribution in [0, 0.1) is 5.82 Å². The van der Waals surface area contributed by atoms with E-state index in [0.717, 1.165) is 17.9 Å². The zero-order valence-corrected chi connectivity index (χ0v) is 13.0. The van der Waals surface area contributed by atoms with Gasteiger partial charge in [0.2, 0.25) is 0 Å². The first-order valence-corrected chi connectivity index (χ1v) is 7.46. The van der Waals surface area contributed by atoms with Crippen LogP contribution in [0.15, 0.2) is 42.5 Å². The fourth-order valence-corrected chi connectivity index (χ4v) is 2.41. The van der Waals surface area contributed by atoms with Gasteiger partial charge in [0.25, 0.3) is 0 Å². The van der Waals surface area contributed by atoms with Gasteiger partial charge in [-0.25, -0.2) is 4.39 Å². The normalized spacial score (nSPS) is 12.0. The van der Waals surface area contributed by atoms with Crippen LogP contribution in [-0.4, -0.2) is 6.61 Å². The minimum Gasteiger partial charge on any atom is -0.492 e. The predicted molar refractivity (Wildman–Crippen MR) is 85.7 cm³/mol. The van der Waals surface area contributed by atoms with Crippen molar-refractivity contribution in [2.45, 2.75) is 26.3 Å². The van der Waals surface area contributed by atoms with Crippen molar-refractivity contribution in [3.05, 3.63) is 58.9 Å². The Hall–Kier alpha value is -1.74. The summed E-state index contributed by atoms with van der Waals surface area (Å²) in [6.07, 6.45) is 0.749. The Kier molecular flexibility index (Phi) is 5.45. The van der Waals surface area contributed by atoms with Gasteiger partial charge in [-0.1, -0.05) is 36.7 Å². The van der Waals surface area contributed by atoms with Crippen molar-refractivity contribution >= 4 is 17.3 Å². The molecular formula is C17H19ClFNO. The maximum atomic E-state index is 14.0. The summed E-state index contributed by atoms with van der Waals surface area (Å²) in [5.41, 5.74) is 1.42. The molecule has 0 aliphatic heterocycles. The number of anilines is 1. The number of rotatable bonds is 6. The molecule has 2 aromatic rings. The van der Waals surface area contributed by atoms with E-state index >= 15 is 0 Å². The van der Waals surface area contributed by atoms with Gasteiger partial charge in [-0.2, -0.15) is 0 Å². The Labute approximate surface area is 129 Å². The van der Waals surface area contributed by atoms with Gasteiger partial charge in [0.05, 0.1) is 18.3 Å². The van der Waals surface area contributed by atoms with Crippen LogP contribution in [0.2, 0.25) is 5.02 Å². The van der Waals surface area contributed by atoms with Crippen molar-refractivity contribution in [1.29, 1.82) is 0 Å². The standard InChI is InChI=1S/C17H19ClFNO/c1-3-15(13-7-5-6-8-14(13)19)20-16-11-12(18)9-10-17(16)21-4-2/h5-11,15,20H,3-4H2,1-2H3. The minimum atomic E-state index is -0.211. The fourth-order valence-electron chi connectivity index (χ4n) is 2.24. The summed E-state index contributed by atoms with van der Waals surface area (Å²) in [6, 6.07) is 12.1. The molecule has 0 heterocycles. The topological polar surface area (TPSA) is 21.3 Å². The number of ether oxygens (including phenoxy) is 1. The second-order valence-corrected chi connectivity index (χ2v) is 5.14. The van der Waals surface area contributed by atoms with Gasteiger partial charge in [0.1, 0.15) is 11.6 Å². The predicted octanol–water partition coefficient (Wildman–Crippen LogP) is 5.44. The second kappa shape index (κ2) is 7.32. The minimum absolute atomic E-state index is 0.135. The highest BCUT2D eigenvalue weighted by Gasteiger charge is 2.15. The first kappa shape index (κ1) is 15.6. The average molecular weight is 308 g/mol. The van der Waals surface area contributed by atoms with Crippen molar-refractivity contribution in [1.82, 2.24) is 0 Å². The Bertz CT molecular complexity index is 603. The number of hydrogen-bond acceptors (Lipinski definition) is 2. The zero-order chi connectivity index (χ0) is 15.2. The highest BCUT2D eigenvalue weighted by Crippen LogP contribution is 2.33. The first-order chi connectivity index (χ1) is 10.2. The van der Waals surface area contributed by atoms with Crippen LogP contribution >= 0.6 is 11.6 Å². The molecule has 112 valence electrons. The lowest BCUT2D eigenvalue weighted by Gasteiger charge is -2.21. The number of hydrogen-bond donors (Lipinski definition) is 1. The van der Waals surface area contributed by atoms with E-state index in [1.807, 2.05) is 26.0 Å². The molecule has 0 amide bonds. The lowest BCUT2D eigenvalue weighted by atomic mass is 10.0. The van der Waals surface area contributed by atoms with E-state index in [1.54, 1.807) is 24.3 Å². The maximum absolute atomic E-state index is 14.0. The van der Waals surface area contributed by atoms with Crippen LogP contribution in [0.25, 0.3) is 0 Å². The molecule has 0 aliphatic carbocycles. The van der Waals surface area contributed by atoms with E-state index in [1.165, 1.54) is 6.07 Å². The van der Waals surface area contributed by atoms with Gasteiger partial charge in [0, 0.05) is 10.6 Å². The first-order valence-electron chi connectivity index (χ1n) is 7.09. The molecule has 0 radical (unpaired) electrons. The van der Waals surface area contributed by atoms with Crippen LogP contribution in [0.5, 0.6) is 5.75 Å². The van der Waals surface area contributed by atoms with Crippen LogP contribution in [0.3, 0.4) is 0 Å². The molecule has 21 heavy (non-hydrogen) atoms. The summed E-state index contributed by atoms with van der Waals surface area (Å²) in [4.78, 5) is 0. The monoisotopic (exact) mass is 307 g/mol. The van der Waals surface area contributed by atoms with Gasteiger partial charge in [0.15, 0.2) is 0 Å². The Morgan fingerprint density at radius 2 is 1.95 bits per heavy atom. The van der Waals surface area contributed by atoms with E-state index in [9.17, 15) is 4.39 Å². The highest BCUT2D eigenvalue weighted by molar-refractivity contribution is 6.30. The highest BCUT2D eigenvalue weighted by atomic mass is 35.5. The molecule has 0 aliphatic rings. The zero-order valence-electron chi connectivity index (χ0n) is 12.2. The molecule has 4 heteroatoms. The number of halogens is 2. The number of nitrogens with one attached hydrogen (secondary N) is 1. The molecule has 0 saturated carbocycles. The van der Waals surface area contributed by atoms with Gasteiger partial charge in [-0.3, -0.25) is 0 Å². The van der Waals surface area contributed by atoms with Crippen LogP contribution < -0.4 is 10.1 Å². The molecule has 0 saturated heterocycles. The lowest BCUT2D eigenvalue weighted by Crippen LogP contribution is -2.12. The Balaban J connectivity index is 2.30. The molecular weight excluding hydrogens is 289 g/mol. The lowest BCUT2D eigenvalue weighted by molar-refractivity contribution is 0.341. The van der Waals surface area contributed by atoms with Crippen molar-refractivity contribution in [3.63, 3.8) is 0 Å². The van der Waals surface area contributed by atoms with Gasteiger partial charge in [-0.15, -0.1) is 0 Å². The molecule has 0 aromatic heterocycles. The molecule has 0 fully saturated rings. The molecule has 1 N–H and O–H groups in total. The van der Waals surface area contributed by atoms with Crippen molar-refractivity contribution in [2.24, 2.45) is 0 Å². The van der Waals surface area contributed by atoms with Gasteiger partial charge < -0.3 is 10.1 Å². The van der Waals surface area contributed by atoms with Crippen molar-refractivity contribution < 1.29 is 9.13 Å². The fraction of sp³-hybridized carbons (Fsp3) is 0.294. The Morgan fingerprint density at radius 1 is 1.19 bits per heavy atom. The summed E-state index contributed by atoms with van der Waals surface area (Å²) in [5, 5.41) is 3.95. The third kappa shape index (κ3) is 3.88. The van der Waals surface area contributed by atoms with E-state index in [2.05, 4.69) is 5.32 Å². The smallest absolute Gasteiger partial charge is 0.142 e. The van der Waals surface area contributed by atoms with Gasteiger partial charge >= 0.3 is 0 Å². The molecule has 2 nitrogen and oxygen atoms in total. The van der Waals surface area contributed by atoms with Crippen LogP contribution in [0.4, 0.5) is 10.1 Å². The van der Waals surface area contributed by atoms with Crippen LogP contribution in [-0.2, 0) is 0 Å². The van der Waals surface area contributed by atoms with Crippen LogP contribution in [0.1, 0.15) is 31.9 Å². The van der Waals surface area contributed by atoms with Crippen molar-refractivity contribution in [2.75, 3.05) is 11.9 Å². The molecule has 1 unspecified atom stereocenters.